The van der Waals surface area contributed by atoms with Crippen LogP contribution in [0.25, 0.3) is 0 Å². The zero-order valence-corrected chi connectivity index (χ0v) is 24.9. The van der Waals surface area contributed by atoms with Gasteiger partial charge in [0.2, 0.25) is 5.91 Å². The molecule has 2 fully saturated rings. The number of ether oxygens (including phenoxy) is 2. The molecule has 10 nitrogen and oxygen atoms in total. The van der Waals surface area contributed by atoms with Gasteiger partial charge in [-0.25, -0.2) is 14.4 Å². The quantitative estimate of drug-likeness (QED) is 0.394. The molecule has 2 amide bonds. The summed E-state index contributed by atoms with van der Waals surface area (Å²) in [6.45, 7) is 5.80. The molecule has 3 aromatic rings. The van der Waals surface area contributed by atoms with Crippen molar-refractivity contribution in [1.82, 2.24) is 24.3 Å². The molecule has 12 heteroatoms. The number of halogens is 2. The number of pyridine rings is 1. The molecule has 4 aliphatic rings. The summed E-state index contributed by atoms with van der Waals surface area (Å²) in [4.78, 5) is 40.8. The number of nitrogens with zero attached hydrogens (tertiary/aromatic N) is 6. The molecule has 1 saturated carbocycles. The molecule has 1 saturated heterocycles. The predicted molar refractivity (Wildman–Crippen MR) is 157 cm³/mol. The molecule has 43 heavy (non-hydrogen) atoms. The maximum atomic E-state index is 15.9. The fourth-order valence-corrected chi connectivity index (χ4v) is 6.60. The van der Waals surface area contributed by atoms with E-state index in [0.29, 0.717) is 63.0 Å². The molecule has 1 atom stereocenters. The second-order valence-electron chi connectivity index (χ2n) is 11.6. The lowest BCUT2D eigenvalue weighted by Gasteiger charge is -2.38. The van der Waals surface area contributed by atoms with Crippen molar-refractivity contribution in [2.24, 2.45) is 0 Å². The predicted octanol–water partition coefficient (Wildman–Crippen LogP) is 3.70. The van der Waals surface area contributed by atoms with E-state index in [1.807, 2.05) is 18.2 Å². The second-order valence-corrected chi connectivity index (χ2v) is 12.0. The summed E-state index contributed by atoms with van der Waals surface area (Å²) in [6, 6.07) is 8.30. The van der Waals surface area contributed by atoms with Gasteiger partial charge in [-0.1, -0.05) is 23.7 Å². The summed E-state index contributed by atoms with van der Waals surface area (Å²) >= 11 is 6.47. The van der Waals surface area contributed by atoms with Crippen LogP contribution in [0.4, 0.5) is 10.2 Å². The van der Waals surface area contributed by atoms with Crippen LogP contribution in [0.5, 0.6) is 5.75 Å². The molecule has 0 N–H and O–H groups in total. The van der Waals surface area contributed by atoms with Gasteiger partial charge in [0.25, 0.3) is 5.91 Å². The van der Waals surface area contributed by atoms with Gasteiger partial charge in [-0.3, -0.25) is 9.59 Å². The van der Waals surface area contributed by atoms with Gasteiger partial charge in [0, 0.05) is 51.6 Å². The van der Waals surface area contributed by atoms with E-state index >= 15 is 4.39 Å². The molecule has 1 aliphatic carbocycles. The van der Waals surface area contributed by atoms with Crippen molar-refractivity contribution in [2.75, 3.05) is 50.9 Å². The Bertz CT molecular complexity index is 1570. The Morgan fingerprint density at radius 2 is 1.88 bits per heavy atom. The summed E-state index contributed by atoms with van der Waals surface area (Å²) < 4.78 is 29.2. The maximum absolute atomic E-state index is 15.9. The number of fused-ring (bicyclic) bond motifs is 3. The number of carbonyl (C=O) groups is 2. The Morgan fingerprint density at radius 3 is 2.60 bits per heavy atom. The lowest BCUT2D eigenvalue weighted by atomic mass is 9.93. The SMILES string of the molecule is CC(=O)N1CCn2c(nc3c2C(c2ccc(C4CC4)cc2F)N(C(=O)COc2ccc(N4CCOCC4)nc2Cl)CC3)C1. The van der Waals surface area contributed by atoms with Crippen molar-refractivity contribution in [3.05, 3.63) is 69.6 Å². The fourth-order valence-electron chi connectivity index (χ4n) is 6.40. The van der Waals surface area contributed by atoms with E-state index in [9.17, 15) is 9.59 Å². The summed E-state index contributed by atoms with van der Waals surface area (Å²) in [5, 5.41) is 0.177. The van der Waals surface area contributed by atoms with Gasteiger partial charge in [0.15, 0.2) is 17.5 Å². The van der Waals surface area contributed by atoms with Crippen LogP contribution in [-0.4, -0.2) is 82.1 Å². The van der Waals surface area contributed by atoms with E-state index in [1.54, 1.807) is 28.9 Å². The second kappa shape index (κ2) is 11.4. The standard InChI is InChI=1S/C31H34ClFN6O4/c1-19(40)37-10-11-38-27(17-37)34-24-8-9-39(29(30(24)38)22-5-4-21(16-23(22)33)20-2-3-20)28(41)18-43-25-6-7-26(35-31(25)32)36-12-14-42-15-13-36/h4-7,16,20,29H,2-3,8-15,17-18H2,1H3. The number of hydrogen-bond donors (Lipinski definition) is 0. The molecular formula is C31H34ClFN6O4. The number of aromatic nitrogens is 3. The third-order valence-electron chi connectivity index (χ3n) is 8.87. The number of anilines is 1. The molecule has 7 rings (SSSR count). The topological polar surface area (TPSA) is 93.0 Å². The van der Waals surface area contributed by atoms with E-state index in [4.69, 9.17) is 26.1 Å². The van der Waals surface area contributed by atoms with Gasteiger partial charge in [-0.15, -0.1) is 0 Å². The van der Waals surface area contributed by atoms with Crippen LogP contribution >= 0.6 is 11.6 Å². The number of carbonyl (C=O) groups excluding carboxylic acids is 2. The molecule has 226 valence electrons. The van der Waals surface area contributed by atoms with Crippen LogP contribution in [0, 0.1) is 5.82 Å². The van der Waals surface area contributed by atoms with E-state index < -0.39 is 6.04 Å². The summed E-state index contributed by atoms with van der Waals surface area (Å²) in [5.41, 5.74) is 3.08. The molecule has 3 aliphatic heterocycles. The lowest BCUT2D eigenvalue weighted by Crippen LogP contribution is -2.45. The Morgan fingerprint density at radius 1 is 1.07 bits per heavy atom. The van der Waals surface area contributed by atoms with Crippen molar-refractivity contribution >= 4 is 29.2 Å². The van der Waals surface area contributed by atoms with Crippen molar-refractivity contribution in [1.29, 1.82) is 0 Å². The molecule has 0 spiro atoms. The minimum absolute atomic E-state index is 0.00874. The molecule has 1 unspecified atom stereocenters. The monoisotopic (exact) mass is 608 g/mol. The van der Waals surface area contributed by atoms with Gasteiger partial charge in [0.05, 0.1) is 31.1 Å². The zero-order chi connectivity index (χ0) is 29.7. The van der Waals surface area contributed by atoms with Crippen LogP contribution in [0.15, 0.2) is 30.3 Å². The zero-order valence-electron chi connectivity index (χ0n) is 24.1. The van der Waals surface area contributed by atoms with Gasteiger partial charge >= 0.3 is 0 Å². The third kappa shape index (κ3) is 5.44. The van der Waals surface area contributed by atoms with Crippen molar-refractivity contribution in [2.45, 2.75) is 51.2 Å². The average molecular weight is 609 g/mol. The Hall–Kier alpha value is -3.70. The highest BCUT2D eigenvalue weighted by atomic mass is 35.5. The first-order chi connectivity index (χ1) is 20.9. The lowest BCUT2D eigenvalue weighted by molar-refractivity contribution is -0.135. The van der Waals surface area contributed by atoms with Gasteiger partial charge in [-0.2, -0.15) is 0 Å². The Labute approximate surface area is 254 Å². The van der Waals surface area contributed by atoms with Crippen molar-refractivity contribution < 1.29 is 23.5 Å². The van der Waals surface area contributed by atoms with Crippen LogP contribution in [-0.2, 0) is 33.8 Å². The van der Waals surface area contributed by atoms with E-state index in [1.165, 1.54) is 0 Å². The molecule has 1 aromatic carbocycles. The van der Waals surface area contributed by atoms with Crippen LogP contribution < -0.4 is 9.64 Å². The summed E-state index contributed by atoms with van der Waals surface area (Å²) in [7, 11) is 0. The van der Waals surface area contributed by atoms with Crippen LogP contribution in [0.2, 0.25) is 5.15 Å². The number of imidazole rings is 1. The fraction of sp³-hybridized carbons (Fsp3) is 0.484. The normalized spacial score (nSPS) is 20.1. The van der Waals surface area contributed by atoms with Crippen LogP contribution in [0.1, 0.15) is 60.1 Å². The van der Waals surface area contributed by atoms with Gasteiger partial charge in [0.1, 0.15) is 23.5 Å². The van der Waals surface area contributed by atoms with E-state index in [0.717, 1.165) is 54.5 Å². The first-order valence-corrected chi connectivity index (χ1v) is 15.3. The third-order valence-corrected chi connectivity index (χ3v) is 9.14. The maximum Gasteiger partial charge on any atom is 0.261 e. The molecule has 0 radical (unpaired) electrons. The van der Waals surface area contributed by atoms with E-state index in [-0.39, 0.29) is 29.4 Å². The molecule has 5 heterocycles. The number of benzene rings is 1. The number of hydrogen-bond acceptors (Lipinski definition) is 7. The minimum Gasteiger partial charge on any atom is -0.481 e. The average Bonchev–Trinajstić information content (AvgIpc) is 3.80. The number of amides is 2. The van der Waals surface area contributed by atoms with Crippen molar-refractivity contribution in [3.8, 4) is 5.75 Å². The van der Waals surface area contributed by atoms with Gasteiger partial charge < -0.3 is 28.7 Å². The molecule has 2 aromatic heterocycles. The number of morpholine rings is 1. The smallest absolute Gasteiger partial charge is 0.261 e. The van der Waals surface area contributed by atoms with Gasteiger partial charge in [-0.05, 0) is 42.5 Å². The molecule has 0 bridgehead atoms. The first-order valence-electron chi connectivity index (χ1n) is 14.9. The largest absolute Gasteiger partial charge is 0.481 e. The summed E-state index contributed by atoms with van der Waals surface area (Å²) in [6.07, 6.45) is 2.67. The minimum atomic E-state index is -0.671. The van der Waals surface area contributed by atoms with Crippen molar-refractivity contribution in [3.63, 3.8) is 0 Å². The first kappa shape index (κ1) is 28.1. The van der Waals surface area contributed by atoms with Crippen LogP contribution in [0.3, 0.4) is 0 Å². The Balaban J connectivity index is 1.17. The summed E-state index contributed by atoms with van der Waals surface area (Å²) in [5.74, 6) is 1.59. The highest BCUT2D eigenvalue weighted by Crippen LogP contribution is 2.43. The highest BCUT2D eigenvalue weighted by molar-refractivity contribution is 6.31. The molecular weight excluding hydrogens is 575 g/mol. The number of rotatable bonds is 6. The Kier molecular flexibility index (Phi) is 7.46. The van der Waals surface area contributed by atoms with E-state index in [2.05, 4.69) is 14.5 Å². The highest BCUT2D eigenvalue weighted by Gasteiger charge is 2.40.